The van der Waals surface area contributed by atoms with E-state index in [1.165, 1.54) is 24.3 Å². The van der Waals surface area contributed by atoms with E-state index in [9.17, 15) is 18.0 Å². The van der Waals surface area contributed by atoms with Gasteiger partial charge in [-0.25, -0.2) is 0 Å². The summed E-state index contributed by atoms with van der Waals surface area (Å²) in [6, 6.07) is 5.72. The second kappa shape index (κ2) is 6.29. The predicted octanol–water partition coefficient (Wildman–Crippen LogP) is 4.05. The van der Waals surface area contributed by atoms with Crippen LogP contribution < -0.4 is 0 Å². The largest absolute Gasteiger partial charge is 0.393 e. The SMILES string of the molecule is CC(C)N(C(=O)c1ccc(CC(F)(F)F)cc1)C(C)C. The summed E-state index contributed by atoms with van der Waals surface area (Å²) < 4.78 is 36.8. The molecule has 1 aromatic rings. The second-order valence-electron chi connectivity index (χ2n) is 5.39. The zero-order valence-corrected chi connectivity index (χ0v) is 12.2. The molecule has 1 rings (SSSR count). The Morgan fingerprint density at radius 1 is 1.05 bits per heavy atom. The lowest BCUT2D eigenvalue weighted by Crippen LogP contribution is -2.42. The molecule has 0 N–H and O–H groups in total. The highest BCUT2D eigenvalue weighted by Gasteiger charge is 2.28. The van der Waals surface area contributed by atoms with E-state index in [0.29, 0.717) is 5.56 Å². The van der Waals surface area contributed by atoms with Crippen molar-refractivity contribution in [3.63, 3.8) is 0 Å². The van der Waals surface area contributed by atoms with E-state index >= 15 is 0 Å². The number of carbonyl (C=O) groups is 1. The topological polar surface area (TPSA) is 20.3 Å². The maximum Gasteiger partial charge on any atom is 0.393 e. The number of nitrogens with zero attached hydrogens (tertiary/aromatic N) is 1. The van der Waals surface area contributed by atoms with E-state index < -0.39 is 12.6 Å². The lowest BCUT2D eigenvalue weighted by atomic mass is 10.1. The molecule has 0 bridgehead atoms. The van der Waals surface area contributed by atoms with Crippen molar-refractivity contribution in [3.05, 3.63) is 35.4 Å². The number of hydrogen-bond donors (Lipinski definition) is 0. The predicted molar refractivity (Wildman–Crippen MR) is 72.6 cm³/mol. The van der Waals surface area contributed by atoms with Crippen molar-refractivity contribution >= 4 is 5.91 Å². The van der Waals surface area contributed by atoms with E-state index in [-0.39, 0.29) is 23.6 Å². The zero-order valence-electron chi connectivity index (χ0n) is 12.2. The van der Waals surface area contributed by atoms with Crippen LogP contribution in [-0.2, 0) is 6.42 Å². The van der Waals surface area contributed by atoms with Gasteiger partial charge in [-0.2, -0.15) is 13.2 Å². The minimum Gasteiger partial charge on any atom is -0.334 e. The van der Waals surface area contributed by atoms with Crippen molar-refractivity contribution in [1.29, 1.82) is 0 Å². The molecular weight excluding hydrogens is 267 g/mol. The van der Waals surface area contributed by atoms with Crippen LogP contribution in [0, 0.1) is 0 Å². The zero-order chi connectivity index (χ0) is 15.5. The highest BCUT2D eigenvalue weighted by atomic mass is 19.4. The van der Waals surface area contributed by atoms with Gasteiger partial charge in [0.25, 0.3) is 5.91 Å². The number of benzene rings is 1. The number of halogens is 3. The number of amides is 1. The van der Waals surface area contributed by atoms with E-state index in [0.717, 1.165) is 0 Å². The first-order valence-corrected chi connectivity index (χ1v) is 6.60. The highest BCUT2D eigenvalue weighted by molar-refractivity contribution is 5.94. The molecule has 0 spiro atoms. The molecule has 0 heterocycles. The summed E-state index contributed by atoms with van der Waals surface area (Å²) in [7, 11) is 0. The van der Waals surface area contributed by atoms with Crippen molar-refractivity contribution in [2.45, 2.75) is 52.4 Å². The molecule has 112 valence electrons. The van der Waals surface area contributed by atoms with Crippen LogP contribution in [0.25, 0.3) is 0 Å². The number of rotatable bonds is 4. The van der Waals surface area contributed by atoms with Crippen LogP contribution in [0.15, 0.2) is 24.3 Å². The first-order chi connectivity index (χ1) is 9.11. The Balaban J connectivity index is 2.90. The average molecular weight is 287 g/mol. The van der Waals surface area contributed by atoms with Gasteiger partial charge in [-0.05, 0) is 45.4 Å². The van der Waals surface area contributed by atoms with Gasteiger partial charge in [0.15, 0.2) is 0 Å². The molecular formula is C15H20F3NO. The van der Waals surface area contributed by atoms with Gasteiger partial charge < -0.3 is 4.90 Å². The molecule has 1 amide bonds. The summed E-state index contributed by atoms with van der Waals surface area (Å²) in [5.41, 5.74) is 0.577. The summed E-state index contributed by atoms with van der Waals surface area (Å²) in [4.78, 5) is 14.0. The molecule has 0 fully saturated rings. The first-order valence-electron chi connectivity index (χ1n) is 6.60. The third-order valence-electron chi connectivity index (χ3n) is 2.95. The summed E-state index contributed by atoms with van der Waals surface area (Å²) >= 11 is 0. The fourth-order valence-corrected chi connectivity index (χ4v) is 2.21. The molecule has 0 aliphatic rings. The lowest BCUT2D eigenvalue weighted by molar-refractivity contribution is -0.127. The third-order valence-corrected chi connectivity index (χ3v) is 2.95. The highest BCUT2D eigenvalue weighted by Crippen LogP contribution is 2.22. The normalized spacial score (nSPS) is 12.1. The Labute approximate surface area is 117 Å². The van der Waals surface area contributed by atoms with Crippen LogP contribution in [0.3, 0.4) is 0 Å². The number of alkyl halides is 3. The minimum atomic E-state index is -4.23. The average Bonchev–Trinajstić information content (AvgIpc) is 2.26. The number of hydrogen-bond acceptors (Lipinski definition) is 1. The molecule has 5 heteroatoms. The minimum absolute atomic E-state index is 0.0392. The van der Waals surface area contributed by atoms with Gasteiger partial charge in [0, 0.05) is 17.6 Å². The first kappa shape index (κ1) is 16.5. The summed E-state index contributed by atoms with van der Waals surface area (Å²) in [6.07, 6.45) is -5.20. The fourth-order valence-electron chi connectivity index (χ4n) is 2.21. The van der Waals surface area contributed by atoms with Crippen molar-refractivity contribution in [2.24, 2.45) is 0 Å². The van der Waals surface area contributed by atoms with Crippen molar-refractivity contribution in [2.75, 3.05) is 0 Å². The molecule has 0 aromatic heterocycles. The van der Waals surface area contributed by atoms with Gasteiger partial charge in [-0.3, -0.25) is 4.79 Å². The molecule has 0 atom stereocenters. The van der Waals surface area contributed by atoms with Gasteiger partial charge in [0.05, 0.1) is 6.42 Å². The molecule has 0 saturated heterocycles. The molecule has 0 aliphatic carbocycles. The van der Waals surface area contributed by atoms with Gasteiger partial charge in [0.2, 0.25) is 0 Å². The maximum absolute atomic E-state index is 12.3. The molecule has 20 heavy (non-hydrogen) atoms. The van der Waals surface area contributed by atoms with Gasteiger partial charge in [-0.1, -0.05) is 12.1 Å². The summed E-state index contributed by atoms with van der Waals surface area (Å²) in [5.74, 6) is -0.159. The lowest BCUT2D eigenvalue weighted by Gasteiger charge is -2.30. The smallest absolute Gasteiger partial charge is 0.334 e. The Bertz CT molecular complexity index is 441. The maximum atomic E-state index is 12.3. The van der Waals surface area contributed by atoms with Crippen LogP contribution in [0.5, 0.6) is 0 Å². The Kier molecular flexibility index (Phi) is 5.20. The van der Waals surface area contributed by atoms with E-state index in [4.69, 9.17) is 0 Å². The van der Waals surface area contributed by atoms with Gasteiger partial charge in [0.1, 0.15) is 0 Å². The molecule has 1 aromatic carbocycles. The van der Waals surface area contributed by atoms with Crippen LogP contribution >= 0.6 is 0 Å². The molecule has 0 saturated carbocycles. The van der Waals surface area contributed by atoms with Crippen LogP contribution in [0.1, 0.15) is 43.6 Å². The quantitative estimate of drug-likeness (QED) is 0.818. The Hall–Kier alpha value is -1.52. The van der Waals surface area contributed by atoms with Gasteiger partial charge in [-0.15, -0.1) is 0 Å². The monoisotopic (exact) mass is 287 g/mol. The summed E-state index contributed by atoms with van der Waals surface area (Å²) in [5, 5.41) is 0. The Morgan fingerprint density at radius 2 is 1.50 bits per heavy atom. The van der Waals surface area contributed by atoms with Crippen LogP contribution in [0.2, 0.25) is 0 Å². The van der Waals surface area contributed by atoms with E-state index in [1.54, 1.807) is 4.90 Å². The number of carbonyl (C=O) groups excluding carboxylic acids is 1. The summed E-state index contributed by atoms with van der Waals surface area (Å²) in [6.45, 7) is 7.65. The molecule has 0 radical (unpaired) electrons. The van der Waals surface area contributed by atoms with Crippen molar-refractivity contribution < 1.29 is 18.0 Å². The second-order valence-corrected chi connectivity index (χ2v) is 5.39. The molecule has 0 unspecified atom stereocenters. The third kappa shape index (κ3) is 4.54. The molecule has 2 nitrogen and oxygen atoms in total. The molecule has 0 aliphatic heterocycles. The van der Waals surface area contributed by atoms with Crippen molar-refractivity contribution in [1.82, 2.24) is 4.90 Å². The standard InChI is InChI=1S/C15H20F3NO/c1-10(2)19(11(3)4)14(20)13-7-5-12(6-8-13)9-15(16,17)18/h5-8,10-11H,9H2,1-4H3. The van der Waals surface area contributed by atoms with Gasteiger partial charge >= 0.3 is 6.18 Å². The van der Waals surface area contributed by atoms with E-state index in [1.807, 2.05) is 27.7 Å². The van der Waals surface area contributed by atoms with Crippen LogP contribution in [0.4, 0.5) is 13.2 Å². The fraction of sp³-hybridized carbons (Fsp3) is 0.533. The van der Waals surface area contributed by atoms with E-state index in [2.05, 4.69) is 0 Å². The Morgan fingerprint density at radius 3 is 1.85 bits per heavy atom. The van der Waals surface area contributed by atoms with Crippen LogP contribution in [-0.4, -0.2) is 29.1 Å². The van der Waals surface area contributed by atoms with Crippen molar-refractivity contribution in [3.8, 4) is 0 Å².